The first-order valence-electron chi connectivity index (χ1n) is 12.6. The fourth-order valence-electron chi connectivity index (χ4n) is 4.74. The van der Waals surface area contributed by atoms with Crippen LogP contribution in [0.15, 0.2) is 58.5 Å². The number of nitrogens with one attached hydrogen (secondary N) is 2. The van der Waals surface area contributed by atoms with Gasteiger partial charge in [-0.1, -0.05) is 54.9 Å². The average Bonchev–Trinajstić information content (AvgIpc) is 3.55. The van der Waals surface area contributed by atoms with Crippen LogP contribution in [0.1, 0.15) is 55.5 Å². The van der Waals surface area contributed by atoms with Crippen molar-refractivity contribution in [2.75, 3.05) is 5.75 Å². The SMILES string of the molecule is CC(C)NC(=O)c1ccc2c(=O)n(Cc3ccccc3)c3nnc(SCC(=O)NC4CCCC4)n3c2c1. The van der Waals surface area contributed by atoms with Crippen LogP contribution in [0.4, 0.5) is 0 Å². The van der Waals surface area contributed by atoms with Gasteiger partial charge in [-0.3, -0.25) is 23.4 Å². The van der Waals surface area contributed by atoms with Crippen LogP contribution in [0.25, 0.3) is 16.7 Å². The molecule has 2 amide bonds. The van der Waals surface area contributed by atoms with Crippen LogP contribution in [-0.2, 0) is 11.3 Å². The van der Waals surface area contributed by atoms with Gasteiger partial charge in [0.2, 0.25) is 11.7 Å². The number of rotatable bonds is 8. The molecule has 1 saturated carbocycles. The first-order chi connectivity index (χ1) is 17.9. The van der Waals surface area contributed by atoms with Gasteiger partial charge in [0, 0.05) is 17.6 Å². The fourth-order valence-corrected chi connectivity index (χ4v) is 5.49. The molecule has 1 aliphatic rings. The first-order valence-corrected chi connectivity index (χ1v) is 13.6. The Balaban J connectivity index is 1.57. The van der Waals surface area contributed by atoms with Crippen molar-refractivity contribution in [1.82, 2.24) is 29.8 Å². The quantitative estimate of drug-likeness (QED) is 0.346. The molecule has 2 aromatic carbocycles. The second-order valence-corrected chi connectivity index (χ2v) is 10.6. The molecule has 1 fully saturated rings. The normalized spacial score (nSPS) is 14.0. The minimum Gasteiger partial charge on any atom is -0.353 e. The lowest BCUT2D eigenvalue weighted by molar-refractivity contribution is -0.119. The summed E-state index contributed by atoms with van der Waals surface area (Å²) < 4.78 is 3.36. The summed E-state index contributed by atoms with van der Waals surface area (Å²) in [5.74, 6) is 0.273. The summed E-state index contributed by atoms with van der Waals surface area (Å²) in [6.07, 6.45) is 4.32. The highest BCUT2D eigenvalue weighted by molar-refractivity contribution is 7.99. The van der Waals surface area contributed by atoms with Gasteiger partial charge in [-0.05, 0) is 50.5 Å². The Hall–Kier alpha value is -3.66. The molecule has 0 unspecified atom stereocenters. The van der Waals surface area contributed by atoms with Crippen LogP contribution >= 0.6 is 11.8 Å². The number of hydrogen-bond acceptors (Lipinski definition) is 6. The predicted molar refractivity (Wildman–Crippen MR) is 144 cm³/mol. The zero-order valence-corrected chi connectivity index (χ0v) is 21.8. The molecule has 0 bridgehead atoms. The van der Waals surface area contributed by atoms with Crippen molar-refractivity contribution in [2.24, 2.45) is 0 Å². The van der Waals surface area contributed by atoms with Gasteiger partial charge < -0.3 is 10.6 Å². The average molecular weight is 519 g/mol. The minimum atomic E-state index is -0.225. The summed E-state index contributed by atoms with van der Waals surface area (Å²) in [7, 11) is 0. The van der Waals surface area contributed by atoms with Gasteiger partial charge in [0.05, 0.1) is 23.2 Å². The molecular weight excluding hydrogens is 488 g/mol. The van der Waals surface area contributed by atoms with Gasteiger partial charge in [-0.15, -0.1) is 10.2 Å². The number of carbonyl (C=O) groups is 2. The summed E-state index contributed by atoms with van der Waals surface area (Å²) in [6, 6.07) is 14.9. The van der Waals surface area contributed by atoms with E-state index in [-0.39, 0.29) is 35.2 Å². The smallest absolute Gasteiger partial charge is 0.263 e. The molecule has 9 nitrogen and oxygen atoms in total. The summed E-state index contributed by atoms with van der Waals surface area (Å²) >= 11 is 1.27. The third kappa shape index (κ3) is 5.39. The van der Waals surface area contributed by atoms with E-state index in [9.17, 15) is 14.4 Å². The highest BCUT2D eigenvalue weighted by Gasteiger charge is 2.21. The number of hydrogen-bond donors (Lipinski definition) is 2. The topological polar surface area (TPSA) is 110 Å². The van der Waals surface area contributed by atoms with Gasteiger partial charge in [0.25, 0.3) is 11.5 Å². The van der Waals surface area contributed by atoms with Crippen LogP contribution in [-0.4, -0.2) is 48.8 Å². The molecule has 2 aromatic heterocycles. The maximum absolute atomic E-state index is 13.6. The number of thioether (sulfide) groups is 1. The van der Waals surface area contributed by atoms with E-state index in [1.165, 1.54) is 11.8 Å². The Labute approximate surface area is 218 Å². The maximum atomic E-state index is 13.6. The Morgan fingerprint density at radius 1 is 1.08 bits per heavy atom. The molecule has 0 atom stereocenters. The highest BCUT2D eigenvalue weighted by atomic mass is 32.2. The lowest BCUT2D eigenvalue weighted by atomic mass is 10.1. The van der Waals surface area contributed by atoms with Gasteiger partial charge in [0.15, 0.2) is 5.16 Å². The van der Waals surface area contributed by atoms with E-state index in [1.807, 2.05) is 44.2 Å². The van der Waals surface area contributed by atoms with Crippen molar-refractivity contribution >= 4 is 40.3 Å². The van der Waals surface area contributed by atoms with E-state index in [1.54, 1.807) is 27.2 Å². The Morgan fingerprint density at radius 3 is 2.57 bits per heavy atom. The molecule has 0 saturated heterocycles. The summed E-state index contributed by atoms with van der Waals surface area (Å²) in [6.45, 7) is 4.11. The van der Waals surface area contributed by atoms with Gasteiger partial charge in [-0.2, -0.15) is 0 Å². The van der Waals surface area contributed by atoms with Crippen LogP contribution in [0, 0.1) is 0 Å². The van der Waals surface area contributed by atoms with Crippen LogP contribution in [0.2, 0.25) is 0 Å². The van der Waals surface area contributed by atoms with E-state index in [0.29, 0.717) is 33.9 Å². The number of benzene rings is 2. The molecule has 1 aliphatic carbocycles. The van der Waals surface area contributed by atoms with Crippen LogP contribution < -0.4 is 16.2 Å². The van der Waals surface area contributed by atoms with Crippen molar-refractivity contribution < 1.29 is 9.59 Å². The van der Waals surface area contributed by atoms with Crippen LogP contribution in [0.3, 0.4) is 0 Å². The summed E-state index contributed by atoms with van der Waals surface area (Å²) in [5.41, 5.74) is 1.70. The largest absolute Gasteiger partial charge is 0.353 e. The lowest BCUT2D eigenvalue weighted by Crippen LogP contribution is -2.33. The van der Waals surface area contributed by atoms with Crippen molar-refractivity contribution in [1.29, 1.82) is 0 Å². The van der Waals surface area contributed by atoms with Gasteiger partial charge in [-0.25, -0.2) is 0 Å². The second-order valence-electron chi connectivity index (χ2n) is 9.69. The molecule has 0 radical (unpaired) electrons. The molecule has 37 heavy (non-hydrogen) atoms. The summed E-state index contributed by atoms with van der Waals surface area (Å²) in [5, 5.41) is 15.6. The van der Waals surface area contributed by atoms with Crippen molar-refractivity contribution in [3.05, 3.63) is 70.0 Å². The fraction of sp³-hybridized carbons (Fsp3) is 0.370. The zero-order valence-electron chi connectivity index (χ0n) is 20.9. The van der Waals surface area contributed by atoms with E-state index in [0.717, 1.165) is 31.2 Å². The third-order valence-electron chi connectivity index (χ3n) is 6.49. The molecular formula is C27H30N6O3S. The molecule has 4 aromatic rings. The maximum Gasteiger partial charge on any atom is 0.263 e. The number of nitrogens with zero attached hydrogens (tertiary/aromatic N) is 4. The van der Waals surface area contributed by atoms with Crippen molar-refractivity contribution in [2.45, 2.75) is 63.3 Å². The molecule has 192 valence electrons. The van der Waals surface area contributed by atoms with Gasteiger partial charge in [0.1, 0.15) is 0 Å². The lowest BCUT2D eigenvalue weighted by Gasteiger charge is -2.14. The van der Waals surface area contributed by atoms with Gasteiger partial charge >= 0.3 is 0 Å². The Morgan fingerprint density at radius 2 is 1.84 bits per heavy atom. The summed E-state index contributed by atoms with van der Waals surface area (Å²) in [4.78, 5) is 38.9. The number of carbonyl (C=O) groups excluding carboxylic acids is 2. The molecule has 0 aliphatic heterocycles. The van der Waals surface area contributed by atoms with Crippen LogP contribution in [0.5, 0.6) is 0 Å². The van der Waals surface area contributed by atoms with Crippen molar-refractivity contribution in [3.63, 3.8) is 0 Å². The van der Waals surface area contributed by atoms with E-state index < -0.39 is 0 Å². The number of fused-ring (bicyclic) bond motifs is 3. The molecule has 10 heteroatoms. The highest BCUT2D eigenvalue weighted by Crippen LogP contribution is 2.24. The molecule has 5 rings (SSSR count). The minimum absolute atomic E-state index is 0.0264. The second kappa shape index (κ2) is 10.8. The monoisotopic (exact) mass is 518 g/mol. The standard InChI is InChI=1S/C27H30N6O3S/c1-17(2)28-24(35)19-12-13-21-22(14-19)33-26(32(25(21)36)15-18-8-4-3-5-9-18)30-31-27(33)37-16-23(34)29-20-10-6-7-11-20/h3-5,8-9,12-14,17,20H,6-7,10-11,15-16H2,1-2H3,(H,28,35)(H,29,34). The Bertz CT molecular complexity index is 1510. The van der Waals surface area contributed by atoms with Crippen molar-refractivity contribution in [3.8, 4) is 0 Å². The van der Waals surface area contributed by atoms with E-state index in [4.69, 9.17) is 0 Å². The van der Waals surface area contributed by atoms with E-state index in [2.05, 4.69) is 20.8 Å². The Kier molecular flexibility index (Phi) is 7.27. The predicted octanol–water partition coefficient (Wildman–Crippen LogP) is 3.38. The molecule has 2 N–H and O–H groups in total. The molecule has 2 heterocycles. The number of amides is 2. The number of aromatic nitrogens is 4. The third-order valence-corrected chi connectivity index (χ3v) is 7.42. The first kappa shape index (κ1) is 25.0. The zero-order chi connectivity index (χ0) is 25.9. The van der Waals surface area contributed by atoms with E-state index >= 15 is 0 Å². The molecule has 0 spiro atoms.